The SMILES string of the molecule is CCNCC.[CH2-]CCC.[Mg+2]. The van der Waals surface area contributed by atoms with Crippen molar-refractivity contribution >= 4 is 23.1 Å². The van der Waals surface area contributed by atoms with Crippen LogP contribution in [0.2, 0.25) is 0 Å². The third-order valence-corrected chi connectivity index (χ3v) is 0.854. The van der Waals surface area contributed by atoms with Crippen LogP contribution >= 0.6 is 0 Å². The van der Waals surface area contributed by atoms with E-state index in [-0.39, 0.29) is 23.1 Å². The smallest absolute Gasteiger partial charge is 0.343 e. The molecular weight excluding hydrogens is 134 g/mol. The molecule has 0 radical (unpaired) electrons. The van der Waals surface area contributed by atoms with Crippen LogP contribution in [-0.2, 0) is 0 Å². The molecule has 1 nitrogen and oxygen atoms in total. The maximum absolute atomic E-state index is 3.60. The van der Waals surface area contributed by atoms with Gasteiger partial charge in [-0.05, 0) is 13.1 Å². The van der Waals surface area contributed by atoms with E-state index < -0.39 is 0 Å². The molecule has 0 aromatic carbocycles. The second kappa shape index (κ2) is 22.6. The molecular formula is C8H20MgN+. The zero-order valence-electron chi connectivity index (χ0n) is 7.74. The zero-order valence-corrected chi connectivity index (χ0v) is 9.16. The summed E-state index contributed by atoms with van der Waals surface area (Å²) < 4.78 is 0. The van der Waals surface area contributed by atoms with Crippen LogP contribution < -0.4 is 5.32 Å². The first kappa shape index (κ1) is 17.0. The normalized spacial score (nSPS) is 7.20. The summed E-state index contributed by atoms with van der Waals surface area (Å²) in [5, 5.41) is 3.11. The van der Waals surface area contributed by atoms with Gasteiger partial charge in [-0.25, -0.2) is 0 Å². The predicted octanol–water partition coefficient (Wildman–Crippen LogP) is 1.86. The van der Waals surface area contributed by atoms with E-state index in [0.717, 1.165) is 19.5 Å². The number of hydrogen-bond acceptors (Lipinski definition) is 1. The molecule has 0 aliphatic rings. The Hall–Kier alpha value is 0.726. The summed E-state index contributed by atoms with van der Waals surface area (Å²) in [4.78, 5) is 0. The van der Waals surface area contributed by atoms with Crippen molar-refractivity contribution < 1.29 is 0 Å². The molecule has 0 aliphatic carbocycles. The van der Waals surface area contributed by atoms with Crippen molar-refractivity contribution in [3.05, 3.63) is 6.92 Å². The van der Waals surface area contributed by atoms with Crippen LogP contribution in [0.15, 0.2) is 0 Å². The van der Waals surface area contributed by atoms with E-state index in [1.165, 1.54) is 6.42 Å². The van der Waals surface area contributed by atoms with Crippen LogP contribution in [0.5, 0.6) is 0 Å². The van der Waals surface area contributed by atoms with Crippen molar-refractivity contribution in [3.8, 4) is 0 Å². The summed E-state index contributed by atoms with van der Waals surface area (Å²) >= 11 is 0. The molecule has 0 spiro atoms. The van der Waals surface area contributed by atoms with Crippen LogP contribution in [0.3, 0.4) is 0 Å². The largest absolute Gasteiger partial charge is 2.00 e. The molecule has 0 fully saturated rings. The Balaban J connectivity index is -0.0000000910. The van der Waals surface area contributed by atoms with E-state index in [0.29, 0.717) is 0 Å². The van der Waals surface area contributed by atoms with Gasteiger partial charge in [-0.15, -0.1) is 0 Å². The average molecular weight is 155 g/mol. The van der Waals surface area contributed by atoms with Crippen LogP contribution in [0.4, 0.5) is 0 Å². The Kier molecular flexibility index (Phi) is 38.4. The maximum Gasteiger partial charge on any atom is 2.00 e. The van der Waals surface area contributed by atoms with Gasteiger partial charge in [-0.3, -0.25) is 0 Å². The molecule has 0 heterocycles. The number of hydrogen-bond donors (Lipinski definition) is 1. The average Bonchev–Trinajstić information content (AvgIpc) is 1.91. The van der Waals surface area contributed by atoms with Crippen molar-refractivity contribution in [3.63, 3.8) is 0 Å². The van der Waals surface area contributed by atoms with E-state index in [9.17, 15) is 0 Å². The van der Waals surface area contributed by atoms with E-state index in [1.807, 2.05) is 0 Å². The minimum atomic E-state index is 0. The molecule has 10 heavy (non-hydrogen) atoms. The second-order valence-corrected chi connectivity index (χ2v) is 1.81. The fraction of sp³-hybridized carbons (Fsp3) is 0.875. The summed E-state index contributed by atoms with van der Waals surface area (Å²) in [5.74, 6) is 0. The van der Waals surface area contributed by atoms with Gasteiger partial charge in [0.2, 0.25) is 0 Å². The van der Waals surface area contributed by atoms with Gasteiger partial charge in [0.15, 0.2) is 0 Å². The Bertz CT molecular complexity index is 28.4. The van der Waals surface area contributed by atoms with Gasteiger partial charge in [-0.1, -0.05) is 27.2 Å². The van der Waals surface area contributed by atoms with Gasteiger partial charge in [0, 0.05) is 0 Å². The Morgan fingerprint density at radius 3 is 1.40 bits per heavy atom. The van der Waals surface area contributed by atoms with Crippen LogP contribution in [0.25, 0.3) is 0 Å². The molecule has 0 aliphatic heterocycles. The van der Waals surface area contributed by atoms with Crippen molar-refractivity contribution in [2.75, 3.05) is 13.1 Å². The molecule has 0 amide bonds. The van der Waals surface area contributed by atoms with Gasteiger partial charge in [0.1, 0.15) is 0 Å². The van der Waals surface area contributed by atoms with Gasteiger partial charge in [0.05, 0.1) is 0 Å². The van der Waals surface area contributed by atoms with Crippen molar-refractivity contribution in [1.29, 1.82) is 0 Å². The molecule has 0 saturated carbocycles. The van der Waals surface area contributed by atoms with Crippen molar-refractivity contribution in [2.24, 2.45) is 0 Å². The predicted molar refractivity (Wildman–Crippen MR) is 50.2 cm³/mol. The third kappa shape index (κ3) is 37.5. The van der Waals surface area contributed by atoms with E-state index in [2.05, 4.69) is 33.0 Å². The number of unbranched alkanes of at least 4 members (excludes halogenated alkanes) is 1. The summed E-state index contributed by atoms with van der Waals surface area (Å²) in [5.41, 5.74) is 0. The van der Waals surface area contributed by atoms with E-state index in [4.69, 9.17) is 0 Å². The molecule has 0 aromatic rings. The van der Waals surface area contributed by atoms with Crippen LogP contribution in [0, 0.1) is 6.92 Å². The first-order chi connectivity index (χ1) is 4.33. The molecule has 0 saturated heterocycles. The molecule has 58 valence electrons. The number of rotatable bonds is 3. The zero-order chi connectivity index (χ0) is 7.54. The Labute approximate surface area is 82.1 Å². The van der Waals surface area contributed by atoms with Gasteiger partial charge in [0.25, 0.3) is 0 Å². The number of nitrogens with one attached hydrogen (secondary N) is 1. The molecule has 1 N–H and O–H groups in total. The monoisotopic (exact) mass is 154 g/mol. The Morgan fingerprint density at radius 2 is 1.40 bits per heavy atom. The first-order valence-corrected chi connectivity index (χ1v) is 3.83. The fourth-order valence-electron chi connectivity index (χ4n) is 0.250. The fourth-order valence-corrected chi connectivity index (χ4v) is 0.250. The summed E-state index contributed by atoms with van der Waals surface area (Å²) in [7, 11) is 0. The quantitative estimate of drug-likeness (QED) is 0.483. The minimum absolute atomic E-state index is 0. The van der Waals surface area contributed by atoms with Gasteiger partial charge >= 0.3 is 23.1 Å². The Morgan fingerprint density at radius 1 is 1.10 bits per heavy atom. The van der Waals surface area contributed by atoms with Crippen molar-refractivity contribution in [2.45, 2.75) is 33.6 Å². The first-order valence-electron chi connectivity index (χ1n) is 3.83. The summed E-state index contributed by atoms with van der Waals surface area (Å²) in [6.45, 7) is 12.1. The van der Waals surface area contributed by atoms with E-state index in [1.54, 1.807) is 0 Å². The maximum atomic E-state index is 3.60. The molecule has 0 rings (SSSR count). The van der Waals surface area contributed by atoms with Crippen LogP contribution in [-0.4, -0.2) is 36.1 Å². The summed E-state index contributed by atoms with van der Waals surface area (Å²) in [6, 6.07) is 0. The molecule has 2 heteroatoms. The second-order valence-electron chi connectivity index (χ2n) is 1.81. The standard InChI is InChI=1S/C4H11N.C4H9.Mg/c1-3-5-4-2;1-3-4-2;/h5H,3-4H2,1-2H3;1,3-4H2,2H3;/q;-1;+2. The molecule has 0 aromatic heterocycles. The molecule has 0 unspecified atom stereocenters. The summed E-state index contributed by atoms with van der Waals surface area (Å²) in [6.07, 6.45) is 2.28. The molecule has 0 bridgehead atoms. The van der Waals surface area contributed by atoms with Crippen LogP contribution in [0.1, 0.15) is 33.6 Å². The minimum Gasteiger partial charge on any atom is -0.343 e. The third-order valence-electron chi connectivity index (χ3n) is 0.854. The molecule has 0 atom stereocenters. The van der Waals surface area contributed by atoms with Crippen molar-refractivity contribution in [1.82, 2.24) is 5.32 Å². The van der Waals surface area contributed by atoms with Gasteiger partial charge < -0.3 is 12.2 Å². The van der Waals surface area contributed by atoms with Gasteiger partial charge in [-0.2, -0.15) is 6.42 Å². The van der Waals surface area contributed by atoms with E-state index >= 15 is 0 Å². The topological polar surface area (TPSA) is 12.0 Å².